The van der Waals surface area contributed by atoms with Crippen LogP contribution >= 0.6 is 0 Å². The van der Waals surface area contributed by atoms with E-state index in [0.717, 1.165) is 33.8 Å². The molecule has 4 rings (SSSR count). The second-order valence-corrected chi connectivity index (χ2v) is 8.08. The van der Waals surface area contributed by atoms with Gasteiger partial charge in [-0.25, -0.2) is 13.9 Å². The molecule has 2 aromatic carbocycles. The Labute approximate surface area is 197 Å². The minimum Gasteiger partial charge on any atom is -0.497 e. The number of methoxy groups -OCH3 is 2. The number of nitrogens with zero attached hydrogens (tertiary/aromatic N) is 3. The lowest BCUT2D eigenvalue weighted by Crippen LogP contribution is -2.15. The van der Waals surface area contributed by atoms with Crippen molar-refractivity contribution >= 4 is 17.2 Å². The Morgan fingerprint density at radius 2 is 1.76 bits per heavy atom. The number of rotatable bonds is 7. The molecule has 0 aliphatic heterocycles. The molecule has 0 radical (unpaired) electrons. The molecule has 1 N–H and O–H groups in total. The molecule has 34 heavy (non-hydrogen) atoms. The third-order valence-corrected chi connectivity index (χ3v) is 5.92. The molecular weight excluding hydrogens is 435 g/mol. The van der Waals surface area contributed by atoms with Crippen LogP contribution in [-0.4, -0.2) is 34.7 Å². The largest absolute Gasteiger partial charge is 0.497 e. The van der Waals surface area contributed by atoms with Gasteiger partial charge in [0.15, 0.2) is 5.65 Å². The van der Waals surface area contributed by atoms with Gasteiger partial charge in [-0.15, -0.1) is 0 Å². The molecule has 2 aromatic heterocycles. The minimum atomic E-state index is -0.287. The molecule has 0 unspecified atom stereocenters. The van der Waals surface area contributed by atoms with E-state index in [-0.39, 0.29) is 18.1 Å². The van der Waals surface area contributed by atoms with Gasteiger partial charge in [0.2, 0.25) is 5.91 Å². The number of ether oxygens (including phenoxy) is 2. The van der Waals surface area contributed by atoms with Gasteiger partial charge < -0.3 is 14.8 Å². The van der Waals surface area contributed by atoms with Crippen molar-refractivity contribution in [1.82, 2.24) is 14.6 Å². The molecule has 176 valence electrons. The van der Waals surface area contributed by atoms with Crippen LogP contribution in [0, 0.1) is 26.6 Å². The van der Waals surface area contributed by atoms with Crippen LogP contribution in [0.25, 0.3) is 16.8 Å². The number of aromatic nitrogens is 3. The molecule has 7 nitrogen and oxygen atoms in total. The number of nitrogens with one attached hydrogen (secondary N) is 1. The van der Waals surface area contributed by atoms with Crippen molar-refractivity contribution in [2.45, 2.75) is 33.6 Å². The van der Waals surface area contributed by atoms with E-state index in [4.69, 9.17) is 14.5 Å². The lowest BCUT2D eigenvalue weighted by molar-refractivity contribution is -0.116. The molecule has 0 saturated carbocycles. The van der Waals surface area contributed by atoms with Gasteiger partial charge in [0.1, 0.15) is 17.3 Å². The van der Waals surface area contributed by atoms with Crippen molar-refractivity contribution in [2.75, 3.05) is 19.5 Å². The highest BCUT2D eigenvalue weighted by Gasteiger charge is 2.19. The number of benzene rings is 2. The van der Waals surface area contributed by atoms with Crippen molar-refractivity contribution in [1.29, 1.82) is 0 Å². The maximum Gasteiger partial charge on any atom is 0.224 e. The van der Waals surface area contributed by atoms with E-state index < -0.39 is 0 Å². The van der Waals surface area contributed by atoms with E-state index in [9.17, 15) is 9.18 Å². The second kappa shape index (κ2) is 9.51. The fourth-order valence-electron chi connectivity index (χ4n) is 4.15. The molecule has 0 fully saturated rings. The summed E-state index contributed by atoms with van der Waals surface area (Å²) >= 11 is 0. The zero-order chi connectivity index (χ0) is 24.4. The quantitative estimate of drug-likeness (QED) is 0.416. The van der Waals surface area contributed by atoms with Crippen molar-refractivity contribution in [3.05, 3.63) is 70.9 Å². The first-order chi connectivity index (χ1) is 16.3. The van der Waals surface area contributed by atoms with Gasteiger partial charge >= 0.3 is 0 Å². The van der Waals surface area contributed by atoms with Gasteiger partial charge in [0, 0.05) is 29.4 Å². The van der Waals surface area contributed by atoms with Crippen LogP contribution in [-0.2, 0) is 11.2 Å². The smallest absolute Gasteiger partial charge is 0.224 e. The Balaban J connectivity index is 1.59. The number of hydrogen-bond donors (Lipinski definition) is 1. The highest BCUT2D eigenvalue weighted by molar-refractivity contribution is 5.92. The molecular formula is C26H27FN4O3. The highest BCUT2D eigenvalue weighted by atomic mass is 19.1. The first-order valence-corrected chi connectivity index (χ1v) is 11.0. The summed E-state index contributed by atoms with van der Waals surface area (Å²) in [6, 6.07) is 11.6. The topological polar surface area (TPSA) is 77.8 Å². The monoisotopic (exact) mass is 462 g/mol. The molecule has 8 heteroatoms. The van der Waals surface area contributed by atoms with E-state index in [1.54, 1.807) is 49.1 Å². The summed E-state index contributed by atoms with van der Waals surface area (Å²) in [6.07, 6.45) is 0.768. The molecule has 0 atom stereocenters. The maximum absolute atomic E-state index is 13.4. The summed E-state index contributed by atoms with van der Waals surface area (Å²) in [5.74, 6) is 0.757. The Morgan fingerprint density at radius 1 is 1.03 bits per heavy atom. The third-order valence-electron chi connectivity index (χ3n) is 5.92. The lowest BCUT2D eigenvalue weighted by Gasteiger charge is -2.13. The van der Waals surface area contributed by atoms with E-state index in [2.05, 4.69) is 10.4 Å². The van der Waals surface area contributed by atoms with Crippen LogP contribution in [0.1, 0.15) is 29.1 Å². The molecule has 1 amide bonds. The third kappa shape index (κ3) is 4.44. The molecule has 4 aromatic rings. The van der Waals surface area contributed by atoms with Crippen LogP contribution in [0.2, 0.25) is 0 Å². The summed E-state index contributed by atoms with van der Waals surface area (Å²) < 4.78 is 25.8. The van der Waals surface area contributed by atoms with Gasteiger partial charge in [-0.1, -0.05) is 12.1 Å². The average Bonchev–Trinajstić information content (AvgIpc) is 3.15. The van der Waals surface area contributed by atoms with Crippen molar-refractivity contribution in [3.8, 4) is 22.6 Å². The Bertz CT molecular complexity index is 1360. The summed E-state index contributed by atoms with van der Waals surface area (Å²) in [5, 5.41) is 7.58. The number of fused-ring (bicyclic) bond motifs is 1. The Kier molecular flexibility index (Phi) is 6.49. The summed E-state index contributed by atoms with van der Waals surface area (Å²) in [5.41, 5.74) is 6.54. The van der Waals surface area contributed by atoms with Crippen LogP contribution in [0.4, 0.5) is 10.1 Å². The first-order valence-electron chi connectivity index (χ1n) is 11.0. The highest BCUT2D eigenvalue weighted by Crippen LogP contribution is 2.31. The number of halogens is 1. The molecule has 0 saturated heterocycles. The molecule has 0 aliphatic carbocycles. The maximum atomic E-state index is 13.4. The number of hydrogen-bond acceptors (Lipinski definition) is 5. The van der Waals surface area contributed by atoms with Gasteiger partial charge in [0.25, 0.3) is 0 Å². The Hall–Kier alpha value is -3.94. The predicted octanol–water partition coefficient (Wildman–Crippen LogP) is 5.05. The molecule has 0 bridgehead atoms. The SMILES string of the molecule is COc1ccc(OC)c(NC(=O)CCc2c(C)nc3c(-c4ccc(F)cc4)c(C)nn3c2C)c1. The van der Waals surface area contributed by atoms with Crippen LogP contribution in [0.5, 0.6) is 11.5 Å². The number of anilines is 1. The van der Waals surface area contributed by atoms with Crippen LogP contribution < -0.4 is 14.8 Å². The second-order valence-electron chi connectivity index (χ2n) is 8.08. The molecule has 0 spiro atoms. The van der Waals surface area contributed by atoms with E-state index >= 15 is 0 Å². The van der Waals surface area contributed by atoms with Crippen LogP contribution in [0.3, 0.4) is 0 Å². The minimum absolute atomic E-state index is 0.144. The average molecular weight is 463 g/mol. The van der Waals surface area contributed by atoms with E-state index in [1.165, 1.54) is 12.1 Å². The summed E-state index contributed by atoms with van der Waals surface area (Å²) in [7, 11) is 3.12. The number of carbonyl (C=O) groups is 1. The van der Waals surface area contributed by atoms with E-state index in [1.807, 2.05) is 20.8 Å². The summed E-state index contributed by atoms with van der Waals surface area (Å²) in [4.78, 5) is 17.5. The van der Waals surface area contributed by atoms with E-state index in [0.29, 0.717) is 29.3 Å². The van der Waals surface area contributed by atoms with Gasteiger partial charge in [-0.3, -0.25) is 4.79 Å². The van der Waals surface area contributed by atoms with Crippen LogP contribution in [0.15, 0.2) is 42.5 Å². The lowest BCUT2D eigenvalue weighted by atomic mass is 10.0. The fourth-order valence-corrected chi connectivity index (χ4v) is 4.15. The Morgan fingerprint density at radius 3 is 2.44 bits per heavy atom. The van der Waals surface area contributed by atoms with Crippen molar-refractivity contribution in [3.63, 3.8) is 0 Å². The van der Waals surface area contributed by atoms with Crippen molar-refractivity contribution < 1.29 is 18.7 Å². The van der Waals surface area contributed by atoms with Crippen molar-refractivity contribution in [2.24, 2.45) is 0 Å². The predicted molar refractivity (Wildman–Crippen MR) is 129 cm³/mol. The number of aryl methyl sites for hydroxylation is 3. The fraction of sp³-hybridized carbons (Fsp3) is 0.269. The zero-order valence-corrected chi connectivity index (χ0v) is 19.9. The number of carbonyl (C=O) groups excluding carboxylic acids is 1. The van der Waals surface area contributed by atoms with Gasteiger partial charge in [-0.05, 0) is 62.6 Å². The van der Waals surface area contributed by atoms with Gasteiger partial charge in [-0.2, -0.15) is 5.10 Å². The standard InChI is InChI=1S/C26H27FN4O3/c1-15-21(11-13-24(32)29-22-14-20(33-4)10-12-23(22)34-5)17(3)31-26(28-15)25(16(2)30-31)18-6-8-19(27)9-7-18/h6-10,12,14H,11,13H2,1-5H3,(H,29,32). The van der Waals surface area contributed by atoms with Gasteiger partial charge in [0.05, 0.1) is 25.6 Å². The number of amides is 1. The zero-order valence-electron chi connectivity index (χ0n) is 19.9. The summed E-state index contributed by atoms with van der Waals surface area (Å²) in [6.45, 7) is 5.82. The molecule has 2 heterocycles. The molecule has 0 aliphatic rings. The normalized spacial score (nSPS) is 11.0. The first kappa shape index (κ1) is 23.2.